The van der Waals surface area contributed by atoms with Crippen LogP contribution in [0.25, 0.3) is 38.4 Å². The predicted octanol–water partition coefficient (Wildman–Crippen LogP) is 5.72. The van der Waals surface area contributed by atoms with E-state index in [9.17, 15) is 0 Å². The van der Waals surface area contributed by atoms with Crippen LogP contribution in [0.15, 0.2) is 60.7 Å². The average Bonchev–Trinajstić information content (AvgIpc) is 3.08. The summed E-state index contributed by atoms with van der Waals surface area (Å²) >= 11 is 0. The van der Waals surface area contributed by atoms with Crippen LogP contribution in [0.2, 0.25) is 0 Å². The zero-order valence-corrected chi connectivity index (χ0v) is 13.0. The standard InChI is InChI=1S/C22H16O/c1-23-18-8-5-15-13-22-16(11-17(15)12-18)7-10-20-19-4-2-3-14(19)6-9-21(20)22/h2,4-13H,3H2,1H3. The summed E-state index contributed by atoms with van der Waals surface area (Å²) in [5, 5.41) is 7.77. The van der Waals surface area contributed by atoms with Crippen molar-refractivity contribution in [2.24, 2.45) is 0 Å². The number of rotatable bonds is 1. The van der Waals surface area contributed by atoms with Gasteiger partial charge in [-0.2, -0.15) is 0 Å². The van der Waals surface area contributed by atoms with Gasteiger partial charge in [0.2, 0.25) is 0 Å². The van der Waals surface area contributed by atoms with Crippen molar-refractivity contribution in [3.8, 4) is 5.75 Å². The molecule has 1 nitrogen and oxygen atoms in total. The lowest BCUT2D eigenvalue weighted by Crippen LogP contribution is -1.87. The highest BCUT2D eigenvalue weighted by molar-refractivity contribution is 6.14. The average molecular weight is 296 g/mol. The van der Waals surface area contributed by atoms with Gasteiger partial charge in [0, 0.05) is 0 Å². The number of hydrogen-bond acceptors (Lipinski definition) is 1. The van der Waals surface area contributed by atoms with Gasteiger partial charge in [0.25, 0.3) is 0 Å². The maximum atomic E-state index is 5.35. The lowest BCUT2D eigenvalue weighted by Gasteiger charge is -2.10. The van der Waals surface area contributed by atoms with Crippen LogP contribution in [-0.2, 0) is 6.42 Å². The summed E-state index contributed by atoms with van der Waals surface area (Å²) in [6, 6.07) is 19.9. The van der Waals surface area contributed by atoms with Crippen molar-refractivity contribution < 1.29 is 4.74 Å². The molecule has 110 valence electrons. The monoisotopic (exact) mass is 296 g/mol. The minimum atomic E-state index is 0.903. The smallest absolute Gasteiger partial charge is 0.119 e. The highest BCUT2D eigenvalue weighted by Gasteiger charge is 2.11. The molecule has 0 aromatic heterocycles. The number of benzene rings is 4. The number of allylic oxidation sites excluding steroid dienone is 1. The van der Waals surface area contributed by atoms with Gasteiger partial charge < -0.3 is 4.74 Å². The Labute approximate surface area is 134 Å². The van der Waals surface area contributed by atoms with Crippen LogP contribution in [-0.4, -0.2) is 7.11 Å². The summed E-state index contributed by atoms with van der Waals surface area (Å²) < 4.78 is 5.35. The third-order valence-corrected chi connectivity index (χ3v) is 4.94. The molecule has 0 radical (unpaired) electrons. The van der Waals surface area contributed by atoms with Crippen molar-refractivity contribution in [2.45, 2.75) is 6.42 Å². The van der Waals surface area contributed by atoms with E-state index in [4.69, 9.17) is 4.74 Å². The quantitative estimate of drug-likeness (QED) is 0.322. The van der Waals surface area contributed by atoms with E-state index >= 15 is 0 Å². The molecule has 1 heteroatoms. The molecular weight excluding hydrogens is 280 g/mol. The Hall–Kier alpha value is -2.80. The van der Waals surface area contributed by atoms with E-state index in [-0.39, 0.29) is 0 Å². The Kier molecular flexibility index (Phi) is 2.54. The summed E-state index contributed by atoms with van der Waals surface area (Å²) in [5.41, 5.74) is 2.82. The van der Waals surface area contributed by atoms with E-state index in [1.54, 1.807) is 7.11 Å². The molecule has 0 amide bonds. The fourth-order valence-electron chi connectivity index (χ4n) is 3.74. The van der Waals surface area contributed by atoms with Gasteiger partial charge in [-0.25, -0.2) is 0 Å². The van der Waals surface area contributed by atoms with Crippen molar-refractivity contribution in [3.63, 3.8) is 0 Å². The van der Waals surface area contributed by atoms with E-state index in [1.165, 1.54) is 43.4 Å². The number of methoxy groups -OCH3 is 1. The Morgan fingerprint density at radius 3 is 2.52 bits per heavy atom. The predicted molar refractivity (Wildman–Crippen MR) is 98.3 cm³/mol. The molecule has 0 aliphatic heterocycles. The molecule has 0 unspecified atom stereocenters. The molecule has 0 saturated heterocycles. The van der Waals surface area contributed by atoms with Crippen LogP contribution in [0.3, 0.4) is 0 Å². The van der Waals surface area contributed by atoms with Crippen molar-refractivity contribution >= 4 is 38.4 Å². The van der Waals surface area contributed by atoms with Gasteiger partial charge in [-0.15, -0.1) is 0 Å². The van der Waals surface area contributed by atoms with Gasteiger partial charge in [-0.05, 0) is 74.1 Å². The van der Waals surface area contributed by atoms with Crippen molar-refractivity contribution in [3.05, 3.63) is 71.8 Å². The van der Waals surface area contributed by atoms with Crippen LogP contribution >= 0.6 is 0 Å². The van der Waals surface area contributed by atoms with Gasteiger partial charge in [0.05, 0.1) is 7.11 Å². The van der Waals surface area contributed by atoms with Crippen molar-refractivity contribution in [1.82, 2.24) is 0 Å². The molecule has 0 atom stereocenters. The Morgan fingerprint density at radius 2 is 1.61 bits per heavy atom. The first kappa shape index (κ1) is 12.7. The van der Waals surface area contributed by atoms with E-state index in [2.05, 4.69) is 60.7 Å². The Bertz CT molecular complexity index is 1120. The Balaban J connectivity index is 1.90. The molecule has 5 rings (SSSR count). The molecule has 0 spiro atoms. The van der Waals surface area contributed by atoms with Gasteiger partial charge in [0.15, 0.2) is 0 Å². The van der Waals surface area contributed by atoms with E-state index < -0.39 is 0 Å². The van der Waals surface area contributed by atoms with Gasteiger partial charge in [0.1, 0.15) is 5.75 Å². The first-order chi connectivity index (χ1) is 11.3. The highest BCUT2D eigenvalue weighted by atomic mass is 16.5. The summed E-state index contributed by atoms with van der Waals surface area (Å²) in [6.07, 6.45) is 5.57. The molecule has 0 bridgehead atoms. The largest absolute Gasteiger partial charge is 0.497 e. The lowest BCUT2D eigenvalue weighted by molar-refractivity contribution is 0.415. The van der Waals surface area contributed by atoms with Crippen LogP contribution in [0.4, 0.5) is 0 Å². The normalized spacial score (nSPS) is 13.1. The zero-order valence-electron chi connectivity index (χ0n) is 13.0. The third-order valence-electron chi connectivity index (χ3n) is 4.94. The van der Waals surface area contributed by atoms with Crippen molar-refractivity contribution in [1.29, 1.82) is 0 Å². The maximum absolute atomic E-state index is 5.35. The van der Waals surface area contributed by atoms with E-state index in [0.717, 1.165) is 12.2 Å². The van der Waals surface area contributed by atoms with Crippen LogP contribution in [0, 0.1) is 0 Å². The Morgan fingerprint density at radius 1 is 0.739 bits per heavy atom. The van der Waals surface area contributed by atoms with Gasteiger partial charge in [-0.1, -0.05) is 42.5 Å². The summed E-state index contributed by atoms with van der Waals surface area (Å²) in [5.74, 6) is 0.903. The fourth-order valence-corrected chi connectivity index (χ4v) is 3.74. The first-order valence-electron chi connectivity index (χ1n) is 7.96. The number of hydrogen-bond donors (Lipinski definition) is 0. The SMILES string of the molecule is COc1ccc2cc3c(ccc4c5c(ccc43)CC=C5)cc2c1. The number of ether oxygens (including phenoxy) is 1. The second kappa shape index (κ2) is 4.60. The molecule has 0 fully saturated rings. The molecule has 4 aromatic carbocycles. The number of fused-ring (bicyclic) bond motifs is 6. The summed E-state index contributed by atoms with van der Waals surface area (Å²) in [7, 11) is 1.71. The van der Waals surface area contributed by atoms with Crippen LogP contribution < -0.4 is 4.74 Å². The molecule has 1 aliphatic carbocycles. The lowest BCUT2D eigenvalue weighted by atomic mass is 9.94. The maximum Gasteiger partial charge on any atom is 0.119 e. The summed E-state index contributed by atoms with van der Waals surface area (Å²) in [4.78, 5) is 0. The molecule has 4 aromatic rings. The molecular formula is C22H16O. The third kappa shape index (κ3) is 1.80. The van der Waals surface area contributed by atoms with E-state index in [1.807, 2.05) is 6.07 Å². The summed E-state index contributed by atoms with van der Waals surface area (Å²) in [6.45, 7) is 0. The van der Waals surface area contributed by atoms with Crippen molar-refractivity contribution in [2.75, 3.05) is 7.11 Å². The molecule has 23 heavy (non-hydrogen) atoms. The molecule has 0 saturated carbocycles. The van der Waals surface area contributed by atoms with Gasteiger partial charge >= 0.3 is 0 Å². The van der Waals surface area contributed by atoms with Crippen LogP contribution in [0.5, 0.6) is 5.75 Å². The second-order valence-electron chi connectivity index (χ2n) is 6.19. The first-order valence-corrected chi connectivity index (χ1v) is 7.96. The van der Waals surface area contributed by atoms with Crippen LogP contribution in [0.1, 0.15) is 11.1 Å². The van der Waals surface area contributed by atoms with E-state index in [0.29, 0.717) is 0 Å². The molecule has 0 N–H and O–H groups in total. The zero-order chi connectivity index (χ0) is 15.4. The second-order valence-corrected chi connectivity index (χ2v) is 6.19. The minimum absolute atomic E-state index is 0.903. The minimum Gasteiger partial charge on any atom is -0.497 e. The van der Waals surface area contributed by atoms with Gasteiger partial charge in [-0.3, -0.25) is 0 Å². The topological polar surface area (TPSA) is 9.23 Å². The highest BCUT2D eigenvalue weighted by Crippen LogP contribution is 2.35. The fraction of sp³-hybridized carbons (Fsp3) is 0.0909. The molecule has 0 heterocycles. The molecule has 1 aliphatic rings.